The van der Waals surface area contributed by atoms with E-state index in [1.54, 1.807) is 0 Å². The molecule has 3 N–H and O–H groups in total. The lowest BCUT2D eigenvalue weighted by atomic mass is 9.91. The monoisotopic (exact) mass is 344 g/mol. The molecule has 2 nitrogen and oxygen atoms in total. The highest BCUT2D eigenvalue weighted by Gasteiger charge is 2.32. The van der Waals surface area contributed by atoms with Crippen LogP contribution in [-0.4, -0.2) is 12.6 Å². The lowest BCUT2D eigenvalue weighted by molar-refractivity contribution is 0.353. The summed E-state index contributed by atoms with van der Waals surface area (Å²) < 4.78 is 1.03. The van der Waals surface area contributed by atoms with Gasteiger partial charge in [0.15, 0.2) is 0 Å². The summed E-state index contributed by atoms with van der Waals surface area (Å²) in [6.07, 6.45) is 3.73. The number of hydrogen-bond acceptors (Lipinski definition) is 2. The molecule has 0 saturated heterocycles. The molecule has 0 heterocycles. The smallest absolute Gasteiger partial charge is 0.0457 e. The molecule has 1 aromatic carbocycles. The van der Waals surface area contributed by atoms with Gasteiger partial charge in [0.25, 0.3) is 0 Å². The van der Waals surface area contributed by atoms with E-state index in [0.717, 1.165) is 9.50 Å². The van der Waals surface area contributed by atoms with E-state index in [2.05, 4.69) is 41.2 Å². The Bertz CT molecular complexity index is 448. The summed E-state index contributed by atoms with van der Waals surface area (Å²) in [6.45, 7) is 5.27. The normalized spacial score (nSPS) is 23.5. The Morgan fingerprint density at radius 3 is 2.79 bits per heavy atom. The van der Waals surface area contributed by atoms with Crippen molar-refractivity contribution in [2.45, 2.75) is 45.2 Å². The van der Waals surface area contributed by atoms with Crippen LogP contribution in [0.1, 0.15) is 44.7 Å². The summed E-state index contributed by atoms with van der Waals surface area (Å²) in [5.41, 5.74) is 7.58. The van der Waals surface area contributed by atoms with Crippen LogP contribution in [0.4, 0.5) is 0 Å². The van der Waals surface area contributed by atoms with Gasteiger partial charge in [-0.3, -0.25) is 0 Å². The molecule has 0 radical (unpaired) electrons. The zero-order chi connectivity index (χ0) is 14.0. The van der Waals surface area contributed by atoms with Crippen LogP contribution in [0, 0.1) is 5.41 Å². The maximum Gasteiger partial charge on any atom is 0.0457 e. The molecular weight excluding hydrogens is 324 g/mol. The topological polar surface area (TPSA) is 38.0 Å². The molecule has 2 rings (SSSR count). The summed E-state index contributed by atoms with van der Waals surface area (Å²) in [5.74, 6) is 0. The molecule has 19 heavy (non-hydrogen) atoms. The summed E-state index contributed by atoms with van der Waals surface area (Å²) in [7, 11) is 0. The largest absolute Gasteiger partial charge is 0.329 e. The van der Waals surface area contributed by atoms with Crippen molar-refractivity contribution in [2.75, 3.05) is 6.54 Å². The molecule has 0 amide bonds. The van der Waals surface area contributed by atoms with Crippen LogP contribution in [0.2, 0.25) is 5.02 Å². The summed E-state index contributed by atoms with van der Waals surface area (Å²) in [6, 6.07) is 6.65. The SMILES string of the molecule is CC1(C)CCC(NC(CN)c2ccc(Cl)cc2Br)C1. The van der Waals surface area contributed by atoms with Gasteiger partial charge in [-0.1, -0.05) is 47.4 Å². The fourth-order valence-corrected chi connectivity index (χ4v) is 3.89. The molecule has 1 aromatic rings. The minimum absolute atomic E-state index is 0.186. The quantitative estimate of drug-likeness (QED) is 0.855. The molecule has 1 aliphatic carbocycles. The van der Waals surface area contributed by atoms with Gasteiger partial charge in [-0.25, -0.2) is 0 Å². The van der Waals surface area contributed by atoms with Crippen molar-refractivity contribution >= 4 is 27.5 Å². The molecule has 4 heteroatoms. The molecule has 1 fully saturated rings. The molecule has 106 valence electrons. The first-order chi connectivity index (χ1) is 8.91. The Kier molecular flexibility index (Phi) is 4.93. The van der Waals surface area contributed by atoms with E-state index >= 15 is 0 Å². The maximum absolute atomic E-state index is 5.99. The molecule has 1 aliphatic rings. The number of benzene rings is 1. The van der Waals surface area contributed by atoms with Crippen molar-refractivity contribution in [3.05, 3.63) is 33.3 Å². The first kappa shape index (κ1) is 15.3. The van der Waals surface area contributed by atoms with Gasteiger partial charge in [0, 0.05) is 28.1 Å². The second-order valence-electron chi connectivity index (χ2n) is 6.22. The first-order valence-electron chi connectivity index (χ1n) is 6.82. The van der Waals surface area contributed by atoms with E-state index in [1.807, 2.05) is 12.1 Å². The lowest BCUT2D eigenvalue weighted by Gasteiger charge is -2.24. The standard InChI is InChI=1S/C15H22BrClN2/c1-15(2)6-5-11(8-15)19-14(9-18)12-4-3-10(17)7-13(12)16/h3-4,7,11,14,19H,5-6,8-9,18H2,1-2H3. The van der Waals surface area contributed by atoms with E-state index in [4.69, 9.17) is 17.3 Å². The lowest BCUT2D eigenvalue weighted by Crippen LogP contribution is -2.36. The van der Waals surface area contributed by atoms with E-state index in [0.29, 0.717) is 18.0 Å². The third kappa shape index (κ3) is 3.94. The van der Waals surface area contributed by atoms with Crippen LogP contribution >= 0.6 is 27.5 Å². The minimum Gasteiger partial charge on any atom is -0.329 e. The highest BCUT2D eigenvalue weighted by molar-refractivity contribution is 9.10. The van der Waals surface area contributed by atoms with Crippen LogP contribution in [0.3, 0.4) is 0 Å². The van der Waals surface area contributed by atoms with E-state index < -0.39 is 0 Å². The van der Waals surface area contributed by atoms with Crippen LogP contribution < -0.4 is 11.1 Å². The van der Waals surface area contributed by atoms with Crippen molar-refractivity contribution in [1.29, 1.82) is 0 Å². The number of nitrogens with two attached hydrogens (primary N) is 1. The zero-order valence-corrected chi connectivity index (χ0v) is 13.9. The molecule has 2 atom stereocenters. The molecular formula is C15H22BrClN2. The fourth-order valence-electron chi connectivity index (χ4n) is 2.93. The van der Waals surface area contributed by atoms with E-state index in [-0.39, 0.29) is 6.04 Å². The molecule has 0 aromatic heterocycles. The van der Waals surface area contributed by atoms with Crippen LogP contribution in [-0.2, 0) is 0 Å². The Balaban J connectivity index is 2.08. The third-order valence-electron chi connectivity index (χ3n) is 3.98. The van der Waals surface area contributed by atoms with Gasteiger partial charge in [-0.05, 0) is 42.4 Å². The third-order valence-corrected chi connectivity index (χ3v) is 4.90. The summed E-state index contributed by atoms with van der Waals surface area (Å²) in [5, 5.41) is 4.44. The van der Waals surface area contributed by atoms with Crippen LogP contribution in [0.5, 0.6) is 0 Å². The van der Waals surface area contributed by atoms with Crippen molar-refractivity contribution in [2.24, 2.45) is 11.1 Å². The average molecular weight is 346 g/mol. The number of hydrogen-bond donors (Lipinski definition) is 2. The zero-order valence-electron chi connectivity index (χ0n) is 11.5. The van der Waals surface area contributed by atoms with Gasteiger partial charge in [-0.2, -0.15) is 0 Å². The number of halogens is 2. The van der Waals surface area contributed by atoms with Gasteiger partial charge >= 0.3 is 0 Å². The van der Waals surface area contributed by atoms with Gasteiger partial charge in [0.05, 0.1) is 0 Å². The molecule has 1 saturated carbocycles. The van der Waals surface area contributed by atoms with Gasteiger partial charge < -0.3 is 11.1 Å². The molecule has 0 spiro atoms. The Labute approximate surface area is 129 Å². The Morgan fingerprint density at radius 2 is 2.26 bits per heavy atom. The Hall–Kier alpha value is -0.0900. The number of rotatable bonds is 4. The van der Waals surface area contributed by atoms with Gasteiger partial charge in [0.1, 0.15) is 0 Å². The van der Waals surface area contributed by atoms with E-state index in [1.165, 1.54) is 24.8 Å². The predicted octanol–water partition coefficient (Wildman–Crippen LogP) is 4.27. The summed E-state index contributed by atoms with van der Waals surface area (Å²) >= 11 is 9.57. The molecule has 0 aliphatic heterocycles. The summed E-state index contributed by atoms with van der Waals surface area (Å²) in [4.78, 5) is 0. The number of nitrogens with one attached hydrogen (secondary N) is 1. The average Bonchev–Trinajstić information content (AvgIpc) is 2.66. The van der Waals surface area contributed by atoms with Crippen molar-refractivity contribution in [3.63, 3.8) is 0 Å². The minimum atomic E-state index is 0.186. The molecule has 0 bridgehead atoms. The first-order valence-corrected chi connectivity index (χ1v) is 7.99. The fraction of sp³-hybridized carbons (Fsp3) is 0.600. The van der Waals surface area contributed by atoms with Crippen molar-refractivity contribution < 1.29 is 0 Å². The van der Waals surface area contributed by atoms with Crippen molar-refractivity contribution in [3.8, 4) is 0 Å². The van der Waals surface area contributed by atoms with E-state index in [9.17, 15) is 0 Å². The van der Waals surface area contributed by atoms with Crippen LogP contribution in [0.25, 0.3) is 0 Å². The predicted molar refractivity (Wildman–Crippen MR) is 85.5 cm³/mol. The highest BCUT2D eigenvalue weighted by Crippen LogP contribution is 2.38. The van der Waals surface area contributed by atoms with Crippen molar-refractivity contribution in [1.82, 2.24) is 5.32 Å². The van der Waals surface area contributed by atoms with Gasteiger partial charge in [0.2, 0.25) is 0 Å². The molecule has 2 unspecified atom stereocenters. The second kappa shape index (κ2) is 6.13. The highest BCUT2D eigenvalue weighted by atomic mass is 79.9. The Morgan fingerprint density at radius 1 is 1.53 bits per heavy atom. The van der Waals surface area contributed by atoms with Gasteiger partial charge in [-0.15, -0.1) is 0 Å². The maximum atomic E-state index is 5.99. The second-order valence-corrected chi connectivity index (χ2v) is 7.52. The van der Waals surface area contributed by atoms with Crippen LogP contribution in [0.15, 0.2) is 22.7 Å².